The Bertz CT molecular complexity index is 2350. The van der Waals surface area contributed by atoms with Gasteiger partial charge in [0.25, 0.3) is 0 Å². The van der Waals surface area contributed by atoms with E-state index in [4.69, 9.17) is 0 Å². The zero-order valence-corrected chi connectivity index (χ0v) is 22.6. The smallest absolute Gasteiger partial charge is 0.0717 e. The minimum absolute atomic E-state index is 0.905. The van der Waals surface area contributed by atoms with Crippen LogP contribution in [0.1, 0.15) is 5.56 Å². The largest absolute Gasteiger partial charge is 0.307 e. The van der Waals surface area contributed by atoms with Gasteiger partial charge in [-0.1, -0.05) is 104 Å². The molecule has 0 saturated heterocycles. The second kappa shape index (κ2) is 8.77. The molecule has 2 nitrogen and oxygen atoms in total. The van der Waals surface area contributed by atoms with Crippen molar-refractivity contribution in [2.24, 2.45) is 4.99 Å². The van der Waals surface area contributed by atoms with E-state index in [-0.39, 0.29) is 0 Å². The van der Waals surface area contributed by atoms with Gasteiger partial charge in [-0.2, -0.15) is 0 Å². The van der Waals surface area contributed by atoms with Gasteiger partial charge in [0.05, 0.1) is 22.9 Å². The monoisotopic (exact) mass is 528 g/mol. The first-order chi connectivity index (χ1) is 19.8. The Morgan fingerprint density at radius 1 is 0.600 bits per heavy atom. The third-order valence-corrected chi connectivity index (χ3v) is 9.22. The first-order valence-electron chi connectivity index (χ1n) is 13.3. The van der Waals surface area contributed by atoms with Gasteiger partial charge in [-0.05, 0) is 46.6 Å². The van der Waals surface area contributed by atoms with Gasteiger partial charge in [-0.3, -0.25) is 4.99 Å². The molecule has 0 aliphatic heterocycles. The summed E-state index contributed by atoms with van der Waals surface area (Å²) in [5, 5.41) is 10.3. The summed E-state index contributed by atoms with van der Waals surface area (Å²) in [6, 6.07) is 41.1. The molecule has 0 radical (unpaired) electrons. The number of fused-ring (bicyclic) bond motifs is 12. The van der Waals surface area contributed by atoms with E-state index >= 15 is 0 Å². The van der Waals surface area contributed by atoms with Crippen LogP contribution in [0.3, 0.4) is 0 Å². The molecule has 6 aromatic carbocycles. The number of aromatic nitrogens is 1. The number of benzene rings is 6. The lowest BCUT2D eigenvalue weighted by Crippen LogP contribution is -1.99. The molecule has 0 aliphatic carbocycles. The number of nitrogens with zero attached hydrogens (tertiary/aromatic N) is 2. The third kappa shape index (κ3) is 3.13. The van der Waals surface area contributed by atoms with Crippen molar-refractivity contribution in [3.05, 3.63) is 134 Å². The van der Waals surface area contributed by atoms with Gasteiger partial charge in [0.1, 0.15) is 0 Å². The Morgan fingerprint density at radius 3 is 1.98 bits per heavy atom. The molecule has 0 saturated carbocycles. The molecular weight excluding hydrogens is 504 g/mol. The number of rotatable bonds is 4. The number of thiophene rings is 1. The number of hydrogen-bond acceptors (Lipinski definition) is 2. The van der Waals surface area contributed by atoms with Crippen LogP contribution in [0.5, 0.6) is 0 Å². The van der Waals surface area contributed by atoms with E-state index in [0.717, 1.165) is 27.9 Å². The highest BCUT2D eigenvalue weighted by atomic mass is 32.1. The first kappa shape index (κ1) is 22.9. The standard InChI is InChI=1S/C37H24N2S/c1-23(24-12-4-3-5-13-24)32(22-38-2)39-30-19-11-10-18-29(30)34-31(39)20-21-33-36(34)35-27-16-8-6-14-25(27)26-15-7-9-17-28(26)37(35)40-33/h3-22H,1-2H2/b32-22+. The van der Waals surface area contributed by atoms with Crippen molar-refractivity contribution in [1.29, 1.82) is 0 Å². The summed E-state index contributed by atoms with van der Waals surface area (Å²) in [7, 11) is 0. The fraction of sp³-hybridized carbons (Fsp3) is 0. The molecule has 0 unspecified atom stereocenters. The molecule has 0 spiro atoms. The minimum Gasteiger partial charge on any atom is -0.307 e. The molecule has 2 heterocycles. The molecule has 3 heteroatoms. The predicted octanol–water partition coefficient (Wildman–Crippen LogP) is 10.7. The zero-order valence-electron chi connectivity index (χ0n) is 21.8. The summed E-state index contributed by atoms with van der Waals surface area (Å²) >= 11 is 1.89. The molecule has 8 rings (SSSR count). The SMILES string of the molecule is C=N/C=C(\C(=C)c1ccccc1)n1c2ccccc2c2c3c(ccc21)sc1c2ccccc2c2ccccc2c13. The summed E-state index contributed by atoms with van der Waals surface area (Å²) in [5.41, 5.74) is 5.14. The number of aliphatic imine (C=N–C) groups is 1. The maximum absolute atomic E-state index is 4.52. The fourth-order valence-electron chi connectivity index (χ4n) is 6.35. The second-order valence-corrected chi connectivity index (χ2v) is 11.2. The molecule has 8 aromatic rings. The Hall–Kier alpha value is -4.99. The third-order valence-electron chi connectivity index (χ3n) is 8.03. The van der Waals surface area contributed by atoms with Crippen LogP contribution >= 0.6 is 11.3 Å². The topological polar surface area (TPSA) is 17.3 Å². The summed E-state index contributed by atoms with van der Waals surface area (Å²) < 4.78 is 4.94. The van der Waals surface area contributed by atoms with E-state index in [9.17, 15) is 0 Å². The highest BCUT2D eigenvalue weighted by Crippen LogP contribution is 2.48. The van der Waals surface area contributed by atoms with Crippen LogP contribution in [-0.2, 0) is 0 Å². The fourth-order valence-corrected chi connectivity index (χ4v) is 7.62. The molecule has 0 bridgehead atoms. The van der Waals surface area contributed by atoms with Crippen molar-refractivity contribution in [3.8, 4) is 0 Å². The molecule has 0 atom stereocenters. The molecule has 0 amide bonds. The summed E-state index contributed by atoms with van der Waals surface area (Å²) in [6.45, 7) is 8.33. The van der Waals surface area contributed by atoms with Crippen molar-refractivity contribution in [2.45, 2.75) is 0 Å². The van der Waals surface area contributed by atoms with Gasteiger partial charge in [-0.25, -0.2) is 0 Å². The van der Waals surface area contributed by atoms with Crippen LogP contribution in [0.15, 0.2) is 133 Å². The van der Waals surface area contributed by atoms with Gasteiger partial charge >= 0.3 is 0 Å². The summed E-state index contributed by atoms with van der Waals surface area (Å²) in [4.78, 5) is 4.24. The van der Waals surface area contributed by atoms with Crippen LogP contribution < -0.4 is 0 Å². The van der Waals surface area contributed by atoms with Gasteiger partial charge in [0, 0.05) is 41.9 Å². The van der Waals surface area contributed by atoms with Crippen molar-refractivity contribution in [2.75, 3.05) is 0 Å². The van der Waals surface area contributed by atoms with E-state index in [1.54, 1.807) is 0 Å². The van der Waals surface area contributed by atoms with Crippen LogP contribution in [0.4, 0.5) is 0 Å². The van der Waals surface area contributed by atoms with E-state index in [1.165, 1.54) is 52.5 Å². The van der Waals surface area contributed by atoms with Gasteiger partial charge in [-0.15, -0.1) is 11.3 Å². The Labute approximate surface area is 235 Å². The van der Waals surface area contributed by atoms with Gasteiger partial charge in [0.2, 0.25) is 0 Å². The summed E-state index contributed by atoms with van der Waals surface area (Å²) in [5.74, 6) is 0. The minimum atomic E-state index is 0.905. The number of para-hydroxylation sites is 1. The lowest BCUT2D eigenvalue weighted by molar-refractivity contribution is 1.23. The second-order valence-electron chi connectivity index (χ2n) is 10.1. The molecule has 188 valence electrons. The normalized spacial score (nSPS) is 12.3. The van der Waals surface area contributed by atoms with Crippen LogP contribution in [0, 0.1) is 0 Å². The van der Waals surface area contributed by atoms with E-state index in [1.807, 2.05) is 35.7 Å². The Kier molecular flexibility index (Phi) is 5.03. The zero-order chi connectivity index (χ0) is 26.8. The molecule has 2 aromatic heterocycles. The lowest BCUT2D eigenvalue weighted by atomic mass is 9.96. The van der Waals surface area contributed by atoms with Crippen LogP contribution in [0.2, 0.25) is 0 Å². The first-order valence-corrected chi connectivity index (χ1v) is 14.2. The van der Waals surface area contributed by atoms with Crippen LogP contribution in [-0.4, -0.2) is 11.3 Å². The number of hydrogen-bond donors (Lipinski definition) is 0. The van der Waals surface area contributed by atoms with Crippen molar-refractivity contribution in [1.82, 2.24) is 4.57 Å². The molecular formula is C37H24N2S. The maximum atomic E-state index is 4.52. The van der Waals surface area contributed by atoms with Crippen molar-refractivity contribution >= 4 is 92.8 Å². The average molecular weight is 529 g/mol. The van der Waals surface area contributed by atoms with Gasteiger partial charge in [0.15, 0.2) is 0 Å². The average Bonchev–Trinajstić information content (AvgIpc) is 3.57. The molecule has 40 heavy (non-hydrogen) atoms. The highest BCUT2D eigenvalue weighted by molar-refractivity contribution is 7.27. The lowest BCUT2D eigenvalue weighted by Gasteiger charge is -2.15. The van der Waals surface area contributed by atoms with E-state index in [2.05, 4.69) is 120 Å². The Morgan fingerprint density at radius 2 is 1.23 bits per heavy atom. The molecule has 0 N–H and O–H groups in total. The van der Waals surface area contributed by atoms with Crippen molar-refractivity contribution in [3.63, 3.8) is 0 Å². The van der Waals surface area contributed by atoms with Gasteiger partial charge < -0.3 is 4.57 Å². The van der Waals surface area contributed by atoms with Crippen molar-refractivity contribution < 1.29 is 0 Å². The molecule has 0 fully saturated rings. The quantitative estimate of drug-likeness (QED) is 0.123. The predicted molar refractivity (Wildman–Crippen MR) is 177 cm³/mol. The van der Waals surface area contributed by atoms with E-state index < -0.39 is 0 Å². The van der Waals surface area contributed by atoms with E-state index in [0.29, 0.717) is 0 Å². The highest BCUT2D eigenvalue weighted by Gasteiger charge is 2.22. The van der Waals surface area contributed by atoms with Crippen LogP contribution in [0.25, 0.3) is 74.8 Å². The Balaban J connectivity index is 1.58. The maximum Gasteiger partial charge on any atom is 0.0717 e. The molecule has 0 aliphatic rings. The number of allylic oxidation sites excluding steroid dienone is 2. The summed E-state index contributed by atoms with van der Waals surface area (Å²) in [6.07, 6.45) is 1.83.